The minimum absolute atomic E-state index is 0.378. The lowest BCUT2D eigenvalue weighted by atomic mass is 10.2. The lowest BCUT2D eigenvalue weighted by molar-refractivity contribution is 0.246. The molecule has 0 saturated heterocycles. The van der Waals surface area contributed by atoms with E-state index in [1.807, 2.05) is 55.5 Å². The zero-order valence-electron chi connectivity index (χ0n) is 12.0. The molecule has 0 saturated carbocycles. The van der Waals surface area contributed by atoms with Crippen LogP contribution in [0.25, 0.3) is 0 Å². The molecule has 0 spiro atoms. The minimum Gasteiger partial charge on any atom is -0.493 e. The maximum Gasteiger partial charge on any atom is 0.122 e. The first-order chi connectivity index (χ1) is 10.2. The standard InChI is InChI=1S/C17H19NO2S/c1-13-6-2-3-9-16(13)20-11-5-10-19-15-8-4-7-14(12-15)17(18)21/h2-4,6-9,12H,5,10-11H2,1H3,(H2,18,21). The monoisotopic (exact) mass is 301 g/mol. The fraction of sp³-hybridized carbons (Fsp3) is 0.235. The van der Waals surface area contributed by atoms with E-state index in [-0.39, 0.29) is 0 Å². The molecule has 0 aromatic heterocycles. The molecule has 0 aliphatic carbocycles. The average Bonchev–Trinajstić information content (AvgIpc) is 2.49. The van der Waals surface area contributed by atoms with Crippen LogP contribution in [0.4, 0.5) is 0 Å². The van der Waals surface area contributed by atoms with Gasteiger partial charge in [-0.3, -0.25) is 0 Å². The van der Waals surface area contributed by atoms with Crippen molar-refractivity contribution in [1.29, 1.82) is 0 Å². The van der Waals surface area contributed by atoms with Gasteiger partial charge in [-0.2, -0.15) is 0 Å². The van der Waals surface area contributed by atoms with Crippen molar-refractivity contribution in [1.82, 2.24) is 0 Å². The lowest BCUT2D eigenvalue weighted by Crippen LogP contribution is -2.10. The summed E-state index contributed by atoms with van der Waals surface area (Å²) in [4.78, 5) is 0.378. The van der Waals surface area contributed by atoms with Crippen molar-refractivity contribution in [2.75, 3.05) is 13.2 Å². The predicted octanol–water partition coefficient (Wildman–Crippen LogP) is 3.48. The Morgan fingerprint density at radius 2 is 1.81 bits per heavy atom. The van der Waals surface area contributed by atoms with E-state index in [1.165, 1.54) is 0 Å². The number of hydrogen-bond donors (Lipinski definition) is 1. The molecule has 0 fully saturated rings. The Labute approximate surface area is 130 Å². The van der Waals surface area contributed by atoms with Gasteiger partial charge in [-0.15, -0.1) is 0 Å². The van der Waals surface area contributed by atoms with E-state index >= 15 is 0 Å². The number of aryl methyl sites for hydroxylation is 1. The van der Waals surface area contributed by atoms with Gasteiger partial charge in [0.2, 0.25) is 0 Å². The van der Waals surface area contributed by atoms with Gasteiger partial charge in [0.05, 0.1) is 13.2 Å². The van der Waals surface area contributed by atoms with Crippen LogP contribution in [0.15, 0.2) is 48.5 Å². The van der Waals surface area contributed by atoms with Crippen LogP contribution in [-0.2, 0) is 0 Å². The van der Waals surface area contributed by atoms with Crippen molar-refractivity contribution in [3.8, 4) is 11.5 Å². The molecule has 0 unspecified atom stereocenters. The number of ether oxygens (including phenoxy) is 2. The number of hydrogen-bond acceptors (Lipinski definition) is 3. The molecule has 21 heavy (non-hydrogen) atoms. The second-order valence-corrected chi connectivity index (χ2v) is 5.15. The summed E-state index contributed by atoms with van der Waals surface area (Å²) >= 11 is 4.94. The maximum atomic E-state index is 5.72. The molecular weight excluding hydrogens is 282 g/mol. The summed E-state index contributed by atoms with van der Waals surface area (Å²) in [5.41, 5.74) is 7.55. The second kappa shape index (κ2) is 7.64. The Balaban J connectivity index is 1.74. The van der Waals surface area contributed by atoms with E-state index in [0.29, 0.717) is 18.2 Å². The Morgan fingerprint density at radius 3 is 2.57 bits per heavy atom. The van der Waals surface area contributed by atoms with E-state index in [9.17, 15) is 0 Å². The van der Waals surface area contributed by atoms with Crippen LogP contribution in [0.2, 0.25) is 0 Å². The average molecular weight is 301 g/mol. The van der Waals surface area contributed by atoms with Crippen molar-refractivity contribution in [2.45, 2.75) is 13.3 Å². The van der Waals surface area contributed by atoms with E-state index in [1.54, 1.807) is 0 Å². The van der Waals surface area contributed by atoms with Crippen molar-refractivity contribution < 1.29 is 9.47 Å². The second-order valence-electron chi connectivity index (χ2n) is 4.71. The first kappa shape index (κ1) is 15.3. The predicted molar refractivity (Wildman–Crippen MR) is 89.1 cm³/mol. The van der Waals surface area contributed by atoms with Crippen LogP contribution in [0.3, 0.4) is 0 Å². The molecule has 2 aromatic rings. The highest BCUT2D eigenvalue weighted by atomic mass is 32.1. The van der Waals surface area contributed by atoms with Gasteiger partial charge < -0.3 is 15.2 Å². The quantitative estimate of drug-likeness (QED) is 0.628. The van der Waals surface area contributed by atoms with Crippen LogP contribution in [0.1, 0.15) is 17.5 Å². The van der Waals surface area contributed by atoms with Gasteiger partial charge in [-0.25, -0.2) is 0 Å². The summed E-state index contributed by atoms with van der Waals surface area (Å²) in [6.45, 7) is 3.25. The smallest absolute Gasteiger partial charge is 0.122 e. The summed E-state index contributed by atoms with van der Waals surface area (Å²) in [5.74, 6) is 1.70. The van der Waals surface area contributed by atoms with Crippen molar-refractivity contribution in [2.24, 2.45) is 5.73 Å². The van der Waals surface area contributed by atoms with Gasteiger partial charge in [-0.1, -0.05) is 42.5 Å². The third kappa shape index (κ3) is 4.76. The van der Waals surface area contributed by atoms with Crippen molar-refractivity contribution in [3.63, 3.8) is 0 Å². The summed E-state index contributed by atoms with van der Waals surface area (Å²) < 4.78 is 11.4. The summed E-state index contributed by atoms with van der Waals surface area (Å²) in [6, 6.07) is 15.5. The van der Waals surface area contributed by atoms with Crippen molar-refractivity contribution in [3.05, 3.63) is 59.7 Å². The highest BCUT2D eigenvalue weighted by Crippen LogP contribution is 2.17. The van der Waals surface area contributed by atoms with Crippen molar-refractivity contribution >= 4 is 17.2 Å². The molecule has 0 radical (unpaired) electrons. The minimum atomic E-state index is 0.378. The molecule has 0 amide bonds. The largest absolute Gasteiger partial charge is 0.493 e. The third-order valence-corrected chi connectivity index (χ3v) is 3.26. The highest BCUT2D eigenvalue weighted by Gasteiger charge is 2.00. The molecule has 0 atom stereocenters. The Kier molecular flexibility index (Phi) is 5.58. The Morgan fingerprint density at radius 1 is 1.05 bits per heavy atom. The zero-order valence-corrected chi connectivity index (χ0v) is 12.9. The van der Waals surface area contributed by atoms with Crippen LogP contribution in [0, 0.1) is 6.92 Å². The molecule has 110 valence electrons. The van der Waals surface area contributed by atoms with Gasteiger partial charge in [0.1, 0.15) is 16.5 Å². The topological polar surface area (TPSA) is 44.5 Å². The fourth-order valence-corrected chi connectivity index (χ4v) is 2.02. The normalized spacial score (nSPS) is 10.1. The van der Waals surface area contributed by atoms with E-state index < -0.39 is 0 Å². The van der Waals surface area contributed by atoms with Gasteiger partial charge >= 0.3 is 0 Å². The summed E-state index contributed by atoms with van der Waals surface area (Å²) in [7, 11) is 0. The SMILES string of the molecule is Cc1ccccc1OCCCOc1cccc(C(N)=S)c1. The van der Waals surface area contributed by atoms with Crippen LogP contribution in [-0.4, -0.2) is 18.2 Å². The Hall–Kier alpha value is -2.07. The molecule has 2 rings (SSSR count). The zero-order chi connectivity index (χ0) is 15.1. The molecule has 0 aliphatic heterocycles. The van der Waals surface area contributed by atoms with Gasteiger partial charge in [0.25, 0.3) is 0 Å². The molecule has 4 heteroatoms. The van der Waals surface area contributed by atoms with Crippen LogP contribution in [0.5, 0.6) is 11.5 Å². The molecule has 3 nitrogen and oxygen atoms in total. The first-order valence-corrected chi connectivity index (χ1v) is 7.29. The molecule has 0 bridgehead atoms. The molecule has 2 aromatic carbocycles. The number of thiocarbonyl (C=S) groups is 1. The molecule has 0 heterocycles. The third-order valence-electron chi connectivity index (χ3n) is 3.03. The number of nitrogens with two attached hydrogens (primary N) is 1. The highest BCUT2D eigenvalue weighted by molar-refractivity contribution is 7.80. The van der Waals surface area contributed by atoms with Crippen LogP contribution < -0.4 is 15.2 Å². The molecule has 0 aliphatic rings. The molecule has 2 N–H and O–H groups in total. The Bertz CT molecular complexity index is 613. The van der Waals surface area contributed by atoms with Gasteiger partial charge in [-0.05, 0) is 30.7 Å². The summed E-state index contributed by atoms with van der Waals surface area (Å²) in [6.07, 6.45) is 0.811. The summed E-state index contributed by atoms with van der Waals surface area (Å²) in [5, 5.41) is 0. The van der Waals surface area contributed by atoms with Crippen LogP contribution >= 0.6 is 12.2 Å². The van der Waals surface area contributed by atoms with Gasteiger partial charge in [0.15, 0.2) is 0 Å². The van der Waals surface area contributed by atoms with E-state index in [0.717, 1.165) is 29.0 Å². The fourth-order valence-electron chi connectivity index (χ4n) is 1.89. The maximum absolute atomic E-state index is 5.72. The number of para-hydroxylation sites is 1. The van der Waals surface area contributed by atoms with Gasteiger partial charge in [0, 0.05) is 12.0 Å². The first-order valence-electron chi connectivity index (χ1n) is 6.88. The number of rotatable bonds is 7. The van der Waals surface area contributed by atoms with E-state index in [2.05, 4.69) is 0 Å². The lowest BCUT2D eigenvalue weighted by Gasteiger charge is -2.10. The molecular formula is C17H19NO2S. The number of benzene rings is 2. The van der Waals surface area contributed by atoms with E-state index in [4.69, 9.17) is 27.4 Å².